The van der Waals surface area contributed by atoms with E-state index >= 15 is 0 Å². The third kappa shape index (κ3) is 2.41. The molecule has 2 aliphatic rings. The maximum Gasteiger partial charge on any atom is 0.0726 e. The van der Waals surface area contributed by atoms with E-state index in [9.17, 15) is 0 Å². The molecule has 0 aromatic heterocycles. The van der Waals surface area contributed by atoms with E-state index < -0.39 is 0 Å². The molecule has 33 heavy (non-hydrogen) atoms. The summed E-state index contributed by atoms with van der Waals surface area (Å²) in [4.78, 5) is 0. The van der Waals surface area contributed by atoms with Crippen LogP contribution in [0, 0.1) is 10.5 Å². The van der Waals surface area contributed by atoms with Crippen molar-refractivity contribution in [3.05, 3.63) is 141 Å². The summed E-state index contributed by atoms with van der Waals surface area (Å²) in [7, 11) is 0. The number of hydrogen-bond acceptors (Lipinski definition) is 0. The van der Waals surface area contributed by atoms with E-state index in [1.165, 1.54) is 64.8 Å². The van der Waals surface area contributed by atoms with E-state index in [1.807, 2.05) is 0 Å². The van der Waals surface area contributed by atoms with E-state index in [1.54, 1.807) is 0 Å². The molecular formula is C32H21I. The Morgan fingerprint density at radius 1 is 0.485 bits per heavy atom. The molecule has 5 aromatic carbocycles. The van der Waals surface area contributed by atoms with E-state index in [0.29, 0.717) is 0 Å². The zero-order chi connectivity index (χ0) is 22.2. The van der Waals surface area contributed by atoms with Gasteiger partial charge in [-0.05, 0) is 91.2 Å². The van der Waals surface area contributed by atoms with E-state index in [-0.39, 0.29) is 5.41 Å². The smallest absolute Gasteiger partial charge is 0.0619 e. The summed E-state index contributed by atoms with van der Waals surface area (Å²) in [6, 6.07) is 40.8. The molecule has 1 spiro atoms. The molecule has 7 rings (SSSR count). The van der Waals surface area contributed by atoms with Crippen molar-refractivity contribution in [3.8, 4) is 33.4 Å². The summed E-state index contributed by atoms with van der Waals surface area (Å²) < 4.78 is 1.31. The van der Waals surface area contributed by atoms with Crippen LogP contribution in [0.5, 0.6) is 0 Å². The number of rotatable bonds is 0. The molecule has 0 saturated heterocycles. The Morgan fingerprint density at radius 2 is 0.909 bits per heavy atom. The highest BCUT2D eigenvalue weighted by atomic mass is 127. The van der Waals surface area contributed by atoms with Gasteiger partial charge in [0.1, 0.15) is 0 Å². The second-order valence-corrected chi connectivity index (χ2v) is 10.3. The van der Waals surface area contributed by atoms with Crippen LogP contribution in [0.4, 0.5) is 0 Å². The van der Waals surface area contributed by atoms with Gasteiger partial charge in [0.15, 0.2) is 0 Å². The third-order valence-corrected chi connectivity index (χ3v) is 8.26. The Kier molecular flexibility index (Phi) is 4.05. The topological polar surface area (TPSA) is 0 Å². The van der Waals surface area contributed by atoms with Crippen LogP contribution in [0.2, 0.25) is 0 Å². The van der Waals surface area contributed by atoms with Crippen molar-refractivity contribution in [2.45, 2.75) is 12.3 Å². The number of fused-ring (bicyclic) bond motifs is 12. The minimum Gasteiger partial charge on any atom is -0.0619 e. The summed E-state index contributed by atoms with van der Waals surface area (Å²) >= 11 is 2.55. The number of aryl methyl sites for hydroxylation is 1. The molecule has 0 N–H and O–H groups in total. The van der Waals surface area contributed by atoms with E-state index in [2.05, 4.69) is 139 Å². The molecule has 0 amide bonds. The summed E-state index contributed by atoms with van der Waals surface area (Å²) in [6.45, 7) is 2.23. The average molecular weight is 532 g/mol. The second-order valence-electron chi connectivity index (χ2n) is 9.10. The lowest BCUT2D eigenvalue weighted by molar-refractivity contribution is 0.773. The fourth-order valence-corrected chi connectivity index (χ4v) is 7.33. The van der Waals surface area contributed by atoms with Crippen LogP contribution in [-0.2, 0) is 5.41 Å². The van der Waals surface area contributed by atoms with E-state index in [4.69, 9.17) is 0 Å². The maximum absolute atomic E-state index is 2.55. The van der Waals surface area contributed by atoms with Crippen LogP contribution in [0.3, 0.4) is 0 Å². The van der Waals surface area contributed by atoms with Crippen molar-refractivity contribution >= 4 is 22.6 Å². The largest absolute Gasteiger partial charge is 0.0726 e. The standard InChI is InChI=1S/C32H21I/c1-20-18-29-31(30(33)19-20)25-14-3-2-10-21(25)22-11-4-7-15-26(22)32(29)27-16-8-5-12-23(27)24-13-6-9-17-28(24)32/h2-19H,1H3. The predicted molar refractivity (Wildman–Crippen MR) is 146 cm³/mol. The van der Waals surface area contributed by atoms with Gasteiger partial charge in [-0.25, -0.2) is 0 Å². The Hall–Kier alpha value is -3.17. The first kappa shape index (κ1) is 19.3. The van der Waals surface area contributed by atoms with E-state index in [0.717, 1.165) is 0 Å². The normalized spacial score (nSPS) is 14.0. The molecule has 0 unspecified atom stereocenters. The molecule has 1 heteroatoms. The number of benzene rings is 5. The average Bonchev–Trinajstić information content (AvgIpc) is 3.09. The molecule has 156 valence electrons. The molecule has 5 aromatic rings. The molecular weight excluding hydrogens is 511 g/mol. The van der Waals surface area contributed by atoms with Crippen molar-refractivity contribution in [2.75, 3.05) is 0 Å². The van der Waals surface area contributed by atoms with Gasteiger partial charge in [-0.15, -0.1) is 0 Å². The second kappa shape index (κ2) is 6.91. The maximum atomic E-state index is 2.55. The van der Waals surface area contributed by atoms with Crippen molar-refractivity contribution in [1.29, 1.82) is 0 Å². The minimum absolute atomic E-state index is 0.357. The SMILES string of the molecule is Cc1cc(I)c2c(c1)C1(c3ccccc3-c3ccccc3-2)c2ccccc2-c2ccccc21. The molecule has 0 radical (unpaired) electrons. The number of halogens is 1. The molecule has 0 saturated carbocycles. The van der Waals surface area contributed by atoms with Gasteiger partial charge in [0, 0.05) is 9.13 Å². The van der Waals surface area contributed by atoms with Gasteiger partial charge in [-0.1, -0.05) is 103 Å². The molecule has 0 bridgehead atoms. The van der Waals surface area contributed by atoms with Gasteiger partial charge >= 0.3 is 0 Å². The lowest BCUT2D eigenvalue weighted by Crippen LogP contribution is -2.29. The Labute approximate surface area is 208 Å². The summed E-state index contributed by atoms with van der Waals surface area (Å²) in [5, 5.41) is 0. The van der Waals surface area contributed by atoms with Crippen LogP contribution in [0.25, 0.3) is 33.4 Å². The molecule has 2 aliphatic carbocycles. The summed E-state index contributed by atoms with van der Waals surface area (Å²) in [5.41, 5.74) is 14.5. The van der Waals surface area contributed by atoms with Gasteiger partial charge in [0.05, 0.1) is 5.41 Å². The van der Waals surface area contributed by atoms with Gasteiger partial charge in [-0.2, -0.15) is 0 Å². The summed E-state index contributed by atoms with van der Waals surface area (Å²) in [5.74, 6) is 0. The Bertz CT molecular complexity index is 1550. The van der Waals surface area contributed by atoms with Crippen LogP contribution in [0.1, 0.15) is 27.8 Å². The van der Waals surface area contributed by atoms with Gasteiger partial charge in [-0.3, -0.25) is 0 Å². The zero-order valence-corrected chi connectivity index (χ0v) is 20.4. The molecule has 0 heterocycles. The minimum atomic E-state index is -0.357. The lowest BCUT2D eigenvalue weighted by Gasteiger charge is -2.35. The molecule has 0 aliphatic heterocycles. The van der Waals surface area contributed by atoms with Crippen molar-refractivity contribution < 1.29 is 0 Å². The van der Waals surface area contributed by atoms with Crippen molar-refractivity contribution in [3.63, 3.8) is 0 Å². The fraction of sp³-hybridized carbons (Fsp3) is 0.0625. The van der Waals surface area contributed by atoms with Gasteiger partial charge in [0.25, 0.3) is 0 Å². The first-order valence-corrected chi connectivity index (χ1v) is 12.5. The highest BCUT2D eigenvalue weighted by molar-refractivity contribution is 14.1. The lowest BCUT2D eigenvalue weighted by atomic mass is 9.65. The van der Waals surface area contributed by atoms with Gasteiger partial charge < -0.3 is 0 Å². The van der Waals surface area contributed by atoms with Crippen LogP contribution >= 0.6 is 22.6 Å². The quantitative estimate of drug-likeness (QED) is 0.172. The molecule has 0 nitrogen and oxygen atoms in total. The zero-order valence-electron chi connectivity index (χ0n) is 18.3. The summed E-state index contributed by atoms with van der Waals surface area (Å²) in [6.07, 6.45) is 0. The monoisotopic (exact) mass is 532 g/mol. The third-order valence-electron chi connectivity index (χ3n) is 7.41. The fourth-order valence-electron chi connectivity index (χ4n) is 6.25. The first-order valence-electron chi connectivity index (χ1n) is 11.4. The van der Waals surface area contributed by atoms with Crippen LogP contribution in [-0.4, -0.2) is 0 Å². The van der Waals surface area contributed by atoms with Crippen LogP contribution in [0.15, 0.2) is 109 Å². The Balaban J connectivity index is 1.80. The van der Waals surface area contributed by atoms with Gasteiger partial charge in [0.2, 0.25) is 0 Å². The van der Waals surface area contributed by atoms with Crippen molar-refractivity contribution in [1.82, 2.24) is 0 Å². The van der Waals surface area contributed by atoms with Crippen molar-refractivity contribution in [2.24, 2.45) is 0 Å². The highest BCUT2D eigenvalue weighted by Crippen LogP contribution is 2.61. The Morgan fingerprint density at radius 3 is 1.45 bits per heavy atom. The first-order chi connectivity index (χ1) is 16.2. The highest BCUT2D eigenvalue weighted by Gasteiger charge is 2.49. The number of hydrogen-bond donors (Lipinski definition) is 0. The predicted octanol–water partition coefficient (Wildman–Crippen LogP) is 8.61. The molecule has 0 atom stereocenters. The molecule has 0 fully saturated rings. The van der Waals surface area contributed by atoms with Crippen LogP contribution < -0.4 is 0 Å².